The fourth-order valence-electron chi connectivity index (χ4n) is 1.75. The lowest BCUT2D eigenvalue weighted by Gasteiger charge is -2.27. The van der Waals surface area contributed by atoms with Gasteiger partial charge in [0.15, 0.2) is 0 Å². The van der Waals surface area contributed by atoms with Crippen LogP contribution >= 0.6 is 0 Å². The summed E-state index contributed by atoms with van der Waals surface area (Å²) in [6.45, 7) is 8.56. The van der Waals surface area contributed by atoms with E-state index in [2.05, 4.69) is 36.1 Å². The summed E-state index contributed by atoms with van der Waals surface area (Å²) < 4.78 is 0. The van der Waals surface area contributed by atoms with Crippen LogP contribution in [-0.2, 0) is 0 Å². The van der Waals surface area contributed by atoms with Gasteiger partial charge in [0.05, 0.1) is 0 Å². The van der Waals surface area contributed by atoms with Gasteiger partial charge in [0.1, 0.15) is 0 Å². The van der Waals surface area contributed by atoms with Gasteiger partial charge >= 0.3 is 0 Å². The van der Waals surface area contributed by atoms with Crippen LogP contribution in [0.1, 0.15) is 46.5 Å². The van der Waals surface area contributed by atoms with Crippen LogP contribution in [0.25, 0.3) is 0 Å². The second kappa shape index (κ2) is 6.74. The molecule has 94 valence electrons. The minimum atomic E-state index is 0.644. The largest absolute Gasteiger partial charge is 0.339 e. The van der Waals surface area contributed by atoms with Gasteiger partial charge in [-0.15, -0.1) is 0 Å². The van der Waals surface area contributed by atoms with Crippen LogP contribution in [0.5, 0.6) is 0 Å². The van der Waals surface area contributed by atoms with Gasteiger partial charge in [-0.05, 0) is 25.2 Å². The highest BCUT2D eigenvalue weighted by molar-refractivity contribution is 5.80. The molecule has 0 radical (unpaired) electrons. The molecule has 0 spiro atoms. The number of nitrogens with two attached hydrogens (primary N) is 1. The Balaban J connectivity index is 2.54. The van der Waals surface area contributed by atoms with Crippen LogP contribution < -0.4 is 11.3 Å². The molecule has 0 heterocycles. The maximum absolute atomic E-state index is 5.57. The number of hydrogen-bond donors (Lipinski definition) is 2. The van der Waals surface area contributed by atoms with Crippen molar-refractivity contribution < 1.29 is 0 Å². The summed E-state index contributed by atoms with van der Waals surface area (Å²) in [7, 11) is 0. The minimum Gasteiger partial charge on any atom is -0.339 e. The summed E-state index contributed by atoms with van der Waals surface area (Å²) in [6.07, 6.45) is 4.86. The highest BCUT2D eigenvalue weighted by Crippen LogP contribution is 2.27. The minimum absolute atomic E-state index is 0.644. The number of aliphatic imine (C=N–C) groups is 1. The number of nitrogens with one attached hydrogen (secondary N) is 1. The molecule has 4 heteroatoms. The van der Waals surface area contributed by atoms with Gasteiger partial charge in [-0.2, -0.15) is 0 Å². The first-order chi connectivity index (χ1) is 7.69. The summed E-state index contributed by atoms with van der Waals surface area (Å²) in [5, 5.41) is 0. The molecule has 0 atom stereocenters. The van der Waals surface area contributed by atoms with Crippen molar-refractivity contribution in [2.45, 2.75) is 52.5 Å². The van der Waals surface area contributed by atoms with E-state index < -0.39 is 0 Å². The Morgan fingerprint density at radius 3 is 2.62 bits per heavy atom. The molecule has 1 rings (SSSR count). The lowest BCUT2D eigenvalue weighted by Crippen LogP contribution is -2.47. The van der Waals surface area contributed by atoms with E-state index in [1.807, 2.05) is 0 Å². The van der Waals surface area contributed by atoms with E-state index in [1.54, 1.807) is 0 Å². The highest BCUT2D eigenvalue weighted by atomic mass is 15.4. The molecule has 1 saturated carbocycles. The molecule has 0 aromatic carbocycles. The average molecular weight is 226 g/mol. The molecule has 0 unspecified atom stereocenters. The van der Waals surface area contributed by atoms with Crippen LogP contribution in [0.3, 0.4) is 0 Å². The van der Waals surface area contributed by atoms with Gasteiger partial charge in [0.25, 0.3) is 0 Å². The van der Waals surface area contributed by atoms with Crippen LogP contribution in [0, 0.1) is 5.92 Å². The summed E-state index contributed by atoms with van der Waals surface area (Å²) in [5.41, 5.74) is 2.76. The lowest BCUT2D eigenvalue weighted by molar-refractivity contribution is 0.345. The summed E-state index contributed by atoms with van der Waals surface area (Å²) >= 11 is 0. The molecule has 0 aliphatic heterocycles. The molecule has 0 aromatic heterocycles. The van der Waals surface area contributed by atoms with Crippen molar-refractivity contribution in [3.05, 3.63) is 0 Å². The zero-order chi connectivity index (χ0) is 12.0. The highest BCUT2D eigenvalue weighted by Gasteiger charge is 2.31. The van der Waals surface area contributed by atoms with E-state index in [0.717, 1.165) is 25.5 Å². The molecule has 0 amide bonds. The van der Waals surface area contributed by atoms with Crippen molar-refractivity contribution >= 4 is 5.96 Å². The van der Waals surface area contributed by atoms with Crippen LogP contribution in [0.15, 0.2) is 4.99 Å². The number of hydrazine groups is 1. The third-order valence-electron chi connectivity index (χ3n) is 2.72. The Hall–Kier alpha value is -0.770. The Kier molecular flexibility index (Phi) is 5.60. The quantitative estimate of drug-likeness (QED) is 0.238. The van der Waals surface area contributed by atoms with Gasteiger partial charge in [-0.25, -0.2) is 5.84 Å². The maximum Gasteiger partial charge on any atom is 0.208 e. The van der Waals surface area contributed by atoms with Gasteiger partial charge in [-0.1, -0.05) is 27.2 Å². The summed E-state index contributed by atoms with van der Waals surface area (Å²) in [6, 6.07) is 0.666. The molecular weight excluding hydrogens is 200 g/mol. The van der Waals surface area contributed by atoms with Crippen molar-refractivity contribution in [3.8, 4) is 0 Å². The standard InChI is InChI=1S/C12H26N4/c1-4-5-8-14-12(15-13)16(9-10(2)3)11-6-7-11/h10-11H,4-9,13H2,1-3H3,(H,14,15). The molecule has 1 aliphatic carbocycles. The number of rotatable bonds is 6. The van der Waals surface area contributed by atoms with Crippen LogP contribution in [0.4, 0.5) is 0 Å². The summed E-state index contributed by atoms with van der Waals surface area (Å²) in [5.74, 6) is 7.10. The smallest absolute Gasteiger partial charge is 0.208 e. The van der Waals surface area contributed by atoms with E-state index in [4.69, 9.17) is 5.84 Å². The number of unbranched alkanes of at least 4 members (excludes halogenated alkanes) is 1. The maximum atomic E-state index is 5.57. The predicted molar refractivity (Wildman–Crippen MR) is 69.1 cm³/mol. The van der Waals surface area contributed by atoms with Crippen LogP contribution in [0.2, 0.25) is 0 Å². The van der Waals surface area contributed by atoms with E-state index in [9.17, 15) is 0 Å². The Morgan fingerprint density at radius 2 is 2.19 bits per heavy atom. The SMILES string of the molecule is CCCCN=C(NN)N(CC(C)C)C1CC1. The van der Waals surface area contributed by atoms with E-state index >= 15 is 0 Å². The molecule has 4 nitrogen and oxygen atoms in total. The lowest BCUT2D eigenvalue weighted by atomic mass is 10.2. The van der Waals surface area contributed by atoms with Crippen molar-refractivity contribution in [3.63, 3.8) is 0 Å². The first kappa shape index (κ1) is 13.3. The molecule has 0 saturated heterocycles. The van der Waals surface area contributed by atoms with Crippen molar-refractivity contribution in [1.82, 2.24) is 10.3 Å². The van der Waals surface area contributed by atoms with E-state index in [1.165, 1.54) is 19.3 Å². The van der Waals surface area contributed by atoms with Crippen molar-refractivity contribution in [1.29, 1.82) is 0 Å². The zero-order valence-corrected chi connectivity index (χ0v) is 10.9. The molecular formula is C12H26N4. The number of guanidine groups is 1. The Bertz CT molecular complexity index is 221. The van der Waals surface area contributed by atoms with Gasteiger partial charge < -0.3 is 4.90 Å². The third-order valence-corrected chi connectivity index (χ3v) is 2.72. The van der Waals surface area contributed by atoms with Gasteiger partial charge in [0.2, 0.25) is 5.96 Å². The zero-order valence-electron chi connectivity index (χ0n) is 10.9. The molecule has 1 fully saturated rings. The van der Waals surface area contributed by atoms with Crippen molar-refractivity contribution in [2.75, 3.05) is 13.1 Å². The monoisotopic (exact) mass is 226 g/mol. The summed E-state index contributed by atoms with van der Waals surface area (Å²) in [4.78, 5) is 6.89. The third kappa shape index (κ3) is 4.39. The van der Waals surface area contributed by atoms with Gasteiger partial charge in [-0.3, -0.25) is 10.4 Å². The molecule has 0 bridgehead atoms. The predicted octanol–water partition coefficient (Wildman–Crippen LogP) is 1.73. The van der Waals surface area contributed by atoms with Crippen molar-refractivity contribution in [2.24, 2.45) is 16.8 Å². The number of hydrogen-bond acceptors (Lipinski definition) is 2. The fourth-order valence-corrected chi connectivity index (χ4v) is 1.75. The van der Waals surface area contributed by atoms with E-state index in [-0.39, 0.29) is 0 Å². The van der Waals surface area contributed by atoms with E-state index in [0.29, 0.717) is 12.0 Å². The molecule has 1 aliphatic rings. The molecule has 0 aromatic rings. The second-order valence-corrected chi connectivity index (χ2v) is 4.98. The molecule has 16 heavy (non-hydrogen) atoms. The second-order valence-electron chi connectivity index (χ2n) is 4.98. The normalized spacial score (nSPS) is 16.7. The average Bonchev–Trinajstić information content (AvgIpc) is 3.05. The number of nitrogens with zero attached hydrogens (tertiary/aromatic N) is 2. The molecule has 3 N–H and O–H groups in total. The fraction of sp³-hybridized carbons (Fsp3) is 0.917. The first-order valence-electron chi connectivity index (χ1n) is 6.46. The van der Waals surface area contributed by atoms with Gasteiger partial charge in [0, 0.05) is 19.1 Å². The Labute approximate surface area is 99.3 Å². The van der Waals surface area contributed by atoms with Crippen LogP contribution in [-0.4, -0.2) is 30.0 Å². The topological polar surface area (TPSA) is 53.6 Å². The first-order valence-corrected chi connectivity index (χ1v) is 6.46. The Morgan fingerprint density at radius 1 is 1.50 bits per heavy atom.